The first-order valence-electron chi connectivity index (χ1n) is 5.51. The number of aromatic nitrogens is 4. The molecule has 0 aliphatic rings. The van der Waals surface area contributed by atoms with Gasteiger partial charge >= 0.3 is 0 Å². The van der Waals surface area contributed by atoms with Crippen LogP contribution in [0.3, 0.4) is 0 Å². The van der Waals surface area contributed by atoms with Gasteiger partial charge < -0.3 is 0 Å². The Kier molecular flexibility index (Phi) is 3.07. The van der Waals surface area contributed by atoms with Gasteiger partial charge in [-0.1, -0.05) is 23.2 Å². The molecule has 20 heavy (non-hydrogen) atoms. The van der Waals surface area contributed by atoms with Gasteiger partial charge in [0.2, 0.25) is 5.95 Å². The van der Waals surface area contributed by atoms with Gasteiger partial charge in [-0.15, -0.1) is 0 Å². The van der Waals surface area contributed by atoms with E-state index in [1.165, 1.54) is 16.7 Å². The lowest BCUT2D eigenvalue weighted by molar-refractivity contribution is 0.515. The third-order valence-electron chi connectivity index (χ3n) is 2.74. The van der Waals surface area contributed by atoms with Gasteiger partial charge in [0.05, 0.1) is 5.52 Å². The van der Waals surface area contributed by atoms with E-state index in [0.717, 1.165) is 6.07 Å². The molecular formula is C12H6Cl2F2N4. The Bertz CT molecular complexity index is 812. The fourth-order valence-electron chi connectivity index (χ4n) is 1.93. The lowest BCUT2D eigenvalue weighted by Gasteiger charge is -2.05. The maximum Gasteiger partial charge on any atom is 0.238 e. The van der Waals surface area contributed by atoms with Gasteiger partial charge in [0, 0.05) is 6.07 Å². The minimum Gasteiger partial charge on any atom is -0.264 e. The van der Waals surface area contributed by atoms with E-state index >= 15 is 0 Å². The Labute approximate surface area is 122 Å². The predicted molar refractivity (Wildman–Crippen MR) is 71.3 cm³/mol. The lowest BCUT2D eigenvalue weighted by atomic mass is 10.3. The molecule has 102 valence electrons. The first-order valence-corrected chi connectivity index (χ1v) is 6.26. The molecule has 0 saturated carbocycles. The van der Waals surface area contributed by atoms with Crippen molar-refractivity contribution in [1.82, 2.24) is 19.5 Å². The van der Waals surface area contributed by atoms with Crippen molar-refractivity contribution in [1.29, 1.82) is 0 Å². The Balaban J connectivity index is 2.36. The van der Waals surface area contributed by atoms with Crippen molar-refractivity contribution in [3.8, 4) is 5.95 Å². The number of fused-ring (bicyclic) bond motifs is 1. The van der Waals surface area contributed by atoms with Crippen LogP contribution in [0.1, 0.15) is 5.82 Å². The predicted octanol–water partition coefficient (Wildman–Crippen LogP) is 3.71. The molecule has 8 heteroatoms. The number of hydrogen-bond donors (Lipinski definition) is 0. The molecule has 2 heterocycles. The van der Waals surface area contributed by atoms with Gasteiger partial charge in [-0.2, -0.15) is 0 Å². The smallest absolute Gasteiger partial charge is 0.238 e. The average Bonchev–Trinajstić information content (AvgIpc) is 2.70. The van der Waals surface area contributed by atoms with Gasteiger partial charge in [0.25, 0.3) is 0 Å². The Morgan fingerprint density at radius 3 is 2.35 bits per heavy atom. The maximum atomic E-state index is 13.7. The maximum absolute atomic E-state index is 13.7. The summed E-state index contributed by atoms with van der Waals surface area (Å²) in [6.45, 7) is 1.62. The summed E-state index contributed by atoms with van der Waals surface area (Å²) in [5.41, 5.74) is 0.238. The minimum atomic E-state index is -1.02. The summed E-state index contributed by atoms with van der Waals surface area (Å²) in [4.78, 5) is 12.0. The van der Waals surface area contributed by atoms with E-state index < -0.39 is 11.6 Å². The summed E-state index contributed by atoms with van der Waals surface area (Å²) >= 11 is 11.6. The van der Waals surface area contributed by atoms with Crippen LogP contribution in [0, 0.1) is 18.6 Å². The molecule has 0 atom stereocenters. The molecule has 0 spiro atoms. The van der Waals surface area contributed by atoms with Crippen molar-refractivity contribution in [2.45, 2.75) is 6.92 Å². The van der Waals surface area contributed by atoms with Crippen molar-refractivity contribution in [3.05, 3.63) is 46.0 Å². The molecule has 0 radical (unpaired) electrons. The zero-order valence-corrected chi connectivity index (χ0v) is 11.5. The van der Waals surface area contributed by atoms with Crippen molar-refractivity contribution >= 4 is 34.2 Å². The van der Waals surface area contributed by atoms with Crippen LogP contribution in [0.2, 0.25) is 10.3 Å². The first-order chi connectivity index (χ1) is 9.47. The number of rotatable bonds is 1. The molecule has 0 aliphatic heterocycles. The van der Waals surface area contributed by atoms with Crippen LogP contribution >= 0.6 is 23.2 Å². The van der Waals surface area contributed by atoms with Crippen molar-refractivity contribution < 1.29 is 8.78 Å². The molecule has 0 saturated heterocycles. The number of nitrogens with zero attached hydrogens (tertiary/aromatic N) is 4. The summed E-state index contributed by atoms with van der Waals surface area (Å²) in [5.74, 6) is -1.44. The normalized spacial score (nSPS) is 11.2. The SMILES string of the molecule is Cc1nc2c(F)c(F)ccc2n1-c1nc(Cl)cc(Cl)n1. The van der Waals surface area contributed by atoms with E-state index in [2.05, 4.69) is 15.0 Å². The second-order valence-corrected chi connectivity index (χ2v) is 4.81. The number of halogens is 4. The topological polar surface area (TPSA) is 43.6 Å². The molecule has 2 aromatic heterocycles. The molecule has 3 rings (SSSR count). The second kappa shape index (κ2) is 4.64. The second-order valence-electron chi connectivity index (χ2n) is 4.04. The number of hydrogen-bond acceptors (Lipinski definition) is 3. The van der Waals surface area contributed by atoms with Crippen LogP contribution in [0.4, 0.5) is 8.78 Å². The van der Waals surface area contributed by atoms with Gasteiger partial charge in [0.1, 0.15) is 21.6 Å². The Morgan fingerprint density at radius 1 is 1.05 bits per heavy atom. The largest absolute Gasteiger partial charge is 0.264 e. The van der Waals surface area contributed by atoms with Crippen molar-refractivity contribution in [2.24, 2.45) is 0 Å². The molecule has 0 fully saturated rings. The number of imidazole rings is 1. The van der Waals surface area contributed by atoms with Crippen LogP contribution in [0.5, 0.6) is 0 Å². The van der Waals surface area contributed by atoms with E-state index in [4.69, 9.17) is 23.2 Å². The summed E-state index contributed by atoms with van der Waals surface area (Å²) in [7, 11) is 0. The van der Waals surface area contributed by atoms with E-state index in [-0.39, 0.29) is 21.8 Å². The van der Waals surface area contributed by atoms with E-state index in [9.17, 15) is 8.78 Å². The zero-order valence-electron chi connectivity index (χ0n) is 10.0. The van der Waals surface area contributed by atoms with Crippen LogP contribution in [-0.2, 0) is 0 Å². The molecule has 0 aliphatic carbocycles. The van der Waals surface area contributed by atoms with Gasteiger partial charge in [-0.05, 0) is 19.1 Å². The monoisotopic (exact) mass is 314 g/mol. The minimum absolute atomic E-state index is 0.0952. The van der Waals surface area contributed by atoms with Crippen LogP contribution in [0.25, 0.3) is 17.0 Å². The molecule has 1 aromatic carbocycles. The average molecular weight is 315 g/mol. The Morgan fingerprint density at radius 2 is 1.70 bits per heavy atom. The summed E-state index contributed by atoms with van der Waals surface area (Å²) < 4.78 is 28.4. The first kappa shape index (κ1) is 13.2. The third kappa shape index (κ3) is 2.01. The highest BCUT2D eigenvalue weighted by Gasteiger charge is 2.17. The van der Waals surface area contributed by atoms with E-state index in [0.29, 0.717) is 11.3 Å². The highest BCUT2D eigenvalue weighted by Crippen LogP contribution is 2.24. The molecule has 0 N–H and O–H groups in total. The van der Waals surface area contributed by atoms with Crippen LogP contribution < -0.4 is 0 Å². The van der Waals surface area contributed by atoms with Crippen molar-refractivity contribution in [2.75, 3.05) is 0 Å². The van der Waals surface area contributed by atoms with Gasteiger partial charge in [-0.3, -0.25) is 4.57 Å². The van der Waals surface area contributed by atoms with E-state index in [1.807, 2.05) is 0 Å². The molecule has 3 aromatic rings. The summed E-state index contributed by atoms with van der Waals surface area (Å²) in [6.07, 6.45) is 0. The number of benzene rings is 1. The number of aryl methyl sites for hydroxylation is 1. The van der Waals surface area contributed by atoms with Crippen molar-refractivity contribution in [3.63, 3.8) is 0 Å². The zero-order chi connectivity index (χ0) is 14.4. The lowest BCUT2D eigenvalue weighted by Crippen LogP contribution is -2.03. The van der Waals surface area contributed by atoms with Crippen LogP contribution in [0.15, 0.2) is 18.2 Å². The molecule has 4 nitrogen and oxygen atoms in total. The molecule has 0 unspecified atom stereocenters. The van der Waals surface area contributed by atoms with Gasteiger partial charge in [0.15, 0.2) is 11.6 Å². The van der Waals surface area contributed by atoms with Gasteiger partial charge in [-0.25, -0.2) is 23.7 Å². The highest BCUT2D eigenvalue weighted by atomic mass is 35.5. The summed E-state index contributed by atoms with van der Waals surface area (Å²) in [6, 6.07) is 3.79. The molecule has 0 bridgehead atoms. The Hall–Kier alpha value is -1.79. The fraction of sp³-hybridized carbons (Fsp3) is 0.0833. The van der Waals surface area contributed by atoms with E-state index in [1.54, 1.807) is 6.92 Å². The third-order valence-corrected chi connectivity index (χ3v) is 3.12. The van der Waals surface area contributed by atoms with Crippen LogP contribution in [-0.4, -0.2) is 19.5 Å². The molecular weight excluding hydrogens is 309 g/mol. The standard InChI is InChI=1S/C12H6Cl2F2N4/c1-5-17-11-7(3-2-6(15)10(11)16)20(5)12-18-8(13)4-9(14)19-12/h2-4H,1H3. The molecule has 0 amide bonds. The fourth-order valence-corrected chi connectivity index (χ4v) is 2.35. The highest BCUT2D eigenvalue weighted by molar-refractivity contribution is 6.33. The summed E-state index contributed by atoms with van der Waals surface area (Å²) in [5, 5.41) is 0.285. The quantitative estimate of drug-likeness (QED) is 0.643.